The lowest BCUT2D eigenvalue weighted by Gasteiger charge is -2.22. The molecule has 0 bridgehead atoms. The van der Waals surface area contributed by atoms with E-state index in [0.717, 1.165) is 5.56 Å². The molecule has 0 aliphatic carbocycles. The fourth-order valence-electron chi connectivity index (χ4n) is 2.17. The minimum Gasteiger partial charge on any atom is -0.445 e. The number of carbonyl (C=O) groups excluding carboxylic acids is 1. The van der Waals surface area contributed by atoms with E-state index in [4.69, 9.17) is 4.74 Å². The Morgan fingerprint density at radius 2 is 1.80 bits per heavy atom. The van der Waals surface area contributed by atoms with Crippen molar-refractivity contribution in [2.75, 3.05) is 6.61 Å². The molecule has 0 aliphatic rings. The largest absolute Gasteiger partial charge is 0.445 e. The van der Waals surface area contributed by atoms with Crippen molar-refractivity contribution in [2.24, 2.45) is 0 Å². The van der Waals surface area contributed by atoms with E-state index < -0.39 is 29.8 Å². The Morgan fingerprint density at radius 1 is 1.16 bits per heavy atom. The standard InChI is InChI=1S/C17H18N2O6/c20-10-15(16(21)13-6-8-14(9-7-13)19(23)24)18-17(22)25-11-12-4-2-1-3-5-12/h1-9,15-16,20-21H,10-11H2,(H,18,22)/t15-,16-/m1/s1. The van der Waals surface area contributed by atoms with Crippen LogP contribution in [0.5, 0.6) is 0 Å². The molecule has 0 heterocycles. The average Bonchev–Trinajstić information content (AvgIpc) is 2.64. The van der Waals surface area contributed by atoms with Gasteiger partial charge in [-0.1, -0.05) is 30.3 Å². The van der Waals surface area contributed by atoms with E-state index in [0.29, 0.717) is 5.56 Å². The molecule has 2 atom stereocenters. The third-order valence-corrected chi connectivity index (χ3v) is 3.54. The molecule has 0 radical (unpaired) electrons. The quantitative estimate of drug-likeness (QED) is 0.520. The number of aliphatic hydroxyl groups excluding tert-OH is 2. The summed E-state index contributed by atoms with van der Waals surface area (Å²) in [7, 11) is 0. The average molecular weight is 346 g/mol. The van der Waals surface area contributed by atoms with E-state index in [1.54, 1.807) is 12.1 Å². The van der Waals surface area contributed by atoms with E-state index in [-0.39, 0.29) is 12.3 Å². The van der Waals surface area contributed by atoms with Gasteiger partial charge in [-0.05, 0) is 23.3 Å². The van der Waals surface area contributed by atoms with Crippen molar-refractivity contribution in [1.29, 1.82) is 0 Å². The zero-order valence-corrected chi connectivity index (χ0v) is 13.2. The number of nitro groups is 1. The van der Waals surface area contributed by atoms with Crippen molar-refractivity contribution in [1.82, 2.24) is 5.32 Å². The van der Waals surface area contributed by atoms with Gasteiger partial charge in [0.2, 0.25) is 0 Å². The molecule has 8 nitrogen and oxygen atoms in total. The van der Waals surface area contributed by atoms with Crippen LogP contribution in [0, 0.1) is 10.1 Å². The Hall–Kier alpha value is -2.97. The molecule has 8 heteroatoms. The van der Waals surface area contributed by atoms with Crippen LogP contribution in [0.25, 0.3) is 0 Å². The van der Waals surface area contributed by atoms with E-state index in [2.05, 4.69) is 5.32 Å². The fraction of sp³-hybridized carbons (Fsp3) is 0.235. The summed E-state index contributed by atoms with van der Waals surface area (Å²) < 4.78 is 5.04. The highest BCUT2D eigenvalue weighted by Gasteiger charge is 2.23. The molecule has 0 fully saturated rings. The van der Waals surface area contributed by atoms with Crippen molar-refractivity contribution in [3.8, 4) is 0 Å². The lowest BCUT2D eigenvalue weighted by Crippen LogP contribution is -2.42. The van der Waals surface area contributed by atoms with Crippen molar-refractivity contribution in [3.05, 3.63) is 75.8 Å². The highest BCUT2D eigenvalue weighted by atomic mass is 16.6. The number of rotatable bonds is 7. The van der Waals surface area contributed by atoms with Crippen molar-refractivity contribution >= 4 is 11.8 Å². The predicted molar refractivity (Wildman–Crippen MR) is 88.7 cm³/mol. The normalized spacial score (nSPS) is 12.9. The highest BCUT2D eigenvalue weighted by Crippen LogP contribution is 2.20. The number of nitro benzene ring substituents is 1. The molecule has 0 aromatic heterocycles. The number of hydrogen-bond acceptors (Lipinski definition) is 6. The molecule has 2 aromatic rings. The lowest BCUT2D eigenvalue weighted by atomic mass is 10.0. The number of nitrogens with zero attached hydrogens (tertiary/aromatic N) is 1. The topological polar surface area (TPSA) is 122 Å². The number of aliphatic hydroxyl groups is 2. The number of nitrogens with one attached hydrogen (secondary N) is 1. The highest BCUT2D eigenvalue weighted by molar-refractivity contribution is 5.67. The fourth-order valence-corrected chi connectivity index (χ4v) is 2.17. The molecule has 0 spiro atoms. The first-order chi connectivity index (χ1) is 12.0. The summed E-state index contributed by atoms with van der Waals surface area (Å²) in [6, 6.07) is 13.2. The molecule has 1 amide bonds. The van der Waals surface area contributed by atoms with Crippen molar-refractivity contribution in [2.45, 2.75) is 18.8 Å². The zero-order valence-electron chi connectivity index (χ0n) is 13.2. The van der Waals surface area contributed by atoms with Crippen molar-refractivity contribution < 1.29 is 24.7 Å². The van der Waals surface area contributed by atoms with Crippen LogP contribution in [0.15, 0.2) is 54.6 Å². The monoisotopic (exact) mass is 346 g/mol. The van der Waals surface area contributed by atoms with Crippen LogP contribution in [0.1, 0.15) is 17.2 Å². The zero-order chi connectivity index (χ0) is 18.2. The van der Waals surface area contributed by atoms with Gasteiger partial charge in [-0.2, -0.15) is 0 Å². The van der Waals surface area contributed by atoms with E-state index in [1.165, 1.54) is 24.3 Å². The molecule has 0 saturated carbocycles. The second-order valence-electron chi connectivity index (χ2n) is 5.29. The summed E-state index contributed by atoms with van der Waals surface area (Å²) in [5, 5.41) is 32.7. The summed E-state index contributed by atoms with van der Waals surface area (Å²) in [6.07, 6.45) is -2.03. The summed E-state index contributed by atoms with van der Waals surface area (Å²) in [5.74, 6) is 0. The molecule has 3 N–H and O–H groups in total. The van der Waals surface area contributed by atoms with Gasteiger partial charge in [0.1, 0.15) is 12.7 Å². The van der Waals surface area contributed by atoms with Gasteiger partial charge in [-0.3, -0.25) is 10.1 Å². The minimum atomic E-state index is -1.24. The summed E-state index contributed by atoms with van der Waals surface area (Å²) in [6.45, 7) is -0.475. The summed E-state index contributed by atoms with van der Waals surface area (Å²) in [5.41, 5.74) is 1.01. The van der Waals surface area contributed by atoms with Gasteiger partial charge < -0.3 is 20.3 Å². The smallest absolute Gasteiger partial charge is 0.407 e. The van der Waals surface area contributed by atoms with Crippen LogP contribution in [-0.4, -0.2) is 33.9 Å². The van der Waals surface area contributed by atoms with Crippen molar-refractivity contribution in [3.63, 3.8) is 0 Å². The first-order valence-electron chi connectivity index (χ1n) is 7.51. The molecule has 132 valence electrons. The van der Waals surface area contributed by atoms with Crippen LogP contribution in [0.2, 0.25) is 0 Å². The first-order valence-corrected chi connectivity index (χ1v) is 7.51. The molecule has 25 heavy (non-hydrogen) atoms. The number of non-ortho nitro benzene ring substituents is 1. The Balaban J connectivity index is 1.93. The number of benzene rings is 2. The Morgan fingerprint density at radius 3 is 2.36 bits per heavy atom. The number of carbonyl (C=O) groups is 1. The Kier molecular flexibility index (Phi) is 6.44. The van der Waals surface area contributed by atoms with Gasteiger partial charge >= 0.3 is 6.09 Å². The lowest BCUT2D eigenvalue weighted by molar-refractivity contribution is -0.384. The maximum atomic E-state index is 11.8. The molecule has 0 aliphatic heterocycles. The predicted octanol–water partition coefficient (Wildman–Crippen LogP) is 1.92. The van der Waals surface area contributed by atoms with Gasteiger partial charge in [0.25, 0.3) is 5.69 Å². The Labute approximate surface area is 143 Å². The van der Waals surface area contributed by atoms with Crippen LogP contribution in [0.4, 0.5) is 10.5 Å². The van der Waals surface area contributed by atoms with E-state index in [9.17, 15) is 25.1 Å². The van der Waals surface area contributed by atoms with Gasteiger partial charge in [0, 0.05) is 12.1 Å². The van der Waals surface area contributed by atoms with Crippen LogP contribution in [0.3, 0.4) is 0 Å². The molecular formula is C17H18N2O6. The third kappa shape index (κ3) is 5.27. The second kappa shape index (κ2) is 8.76. The summed E-state index contributed by atoms with van der Waals surface area (Å²) >= 11 is 0. The van der Waals surface area contributed by atoms with Crippen LogP contribution in [-0.2, 0) is 11.3 Å². The maximum absolute atomic E-state index is 11.8. The molecule has 0 unspecified atom stereocenters. The molecule has 2 rings (SSSR count). The summed E-state index contributed by atoms with van der Waals surface area (Å²) in [4.78, 5) is 21.9. The number of ether oxygens (including phenoxy) is 1. The maximum Gasteiger partial charge on any atom is 0.407 e. The SMILES string of the molecule is O=C(N[C@H](CO)[C@H](O)c1ccc([N+](=O)[O-])cc1)OCc1ccccc1. The molecule has 0 saturated heterocycles. The van der Waals surface area contributed by atoms with Gasteiger partial charge in [0.05, 0.1) is 17.6 Å². The van der Waals surface area contributed by atoms with Gasteiger partial charge in [-0.25, -0.2) is 4.79 Å². The number of amides is 1. The van der Waals surface area contributed by atoms with Gasteiger partial charge in [-0.15, -0.1) is 0 Å². The van der Waals surface area contributed by atoms with Crippen LogP contribution < -0.4 is 5.32 Å². The minimum absolute atomic E-state index is 0.0540. The number of hydrogen-bond donors (Lipinski definition) is 3. The Bertz CT molecular complexity index is 705. The van der Waals surface area contributed by atoms with E-state index >= 15 is 0 Å². The van der Waals surface area contributed by atoms with Crippen LogP contribution >= 0.6 is 0 Å². The second-order valence-corrected chi connectivity index (χ2v) is 5.29. The first kappa shape index (κ1) is 18.4. The third-order valence-electron chi connectivity index (χ3n) is 3.54. The van der Waals surface area contributed by atoms with Gasteiger partial charge in [0.15, 0.2) is 0 Å². The van der Waals surface area contributed by atoms with E-state index in [1.807, 2.05) is 18.2 Å². The number of alkyl carbamates (subject to hydrolysis) is 1. The molecule has 2 aromatic carbocycles. The molecular weight excluding hydrogens is 328 g/mol.